The Bertz CT molecular complexity index is 563. The maximum Gasteiger partial charge on any atom is 0.430 e. The van der Waals surface area contributed by atoms with Crippen LogP contribution < -0.4 is 5.32 Å². The van der Waals surface area contributed by atoms with Gasteiger partial charge in [0, 0.05) is 6.54 Å². The quantitative estimate of drug-likeness (QED) is 0.681. The van der Waals surface area contributed by atoms with Crippen LogP contribution in [-0.4, -0.2) is 55.8 Å². The van der Waals surface area contributed by atoms with Crippen LogP contribution in [0.25, 0.3) is 0 Å². The van der Waals surface area contributed by atoms with Gasteiger partial charge in [-0.1, -0.05) is 17.7 Å². The Labute approximate surface area is 145 Å². The van der Waals surface area contributed by atoms with Crippen LogP contribution >= 0.6 is 0 Å². The van der Waals surface area contributed by atoms with Gasteiger partial charge in [-0.3, -0.25) is 4.79 Å². The van der Waals surface area contributed by atoms with Crippen LogP contribution in [0.4, 0.5) is 13.2 Å². The lowest BCUT2D eigenvalue weighted by Gasteiger charge is -2.36. The molecule has 1 rings (SSSR count). The minimum Gasteiger partial charge on any atom is -0.394 e. The van der Waals surface area contributed by atoms with E-state index in [4.69, 9.17) is 14.6 Å². The lowest BCUT2D eigenvalue weighted by molar-refractivity contribution is -0.249. The van der Waals surface area contributed by atoms with Crippen molar-refractivity contribution in [1.82, 2.24) is 5.32 Å². The number of hydrogen-bond donors (Lipinski definition) is 2. The molecule has 0 saturated carbocycles. The summed E-state index contributed by atoms with van der Waals surface area (Å²) in [7, 11) is 0. The molecule has 0 aromatic rings. The monoisotopic (exact) mass is 363 g/mol. The number of halogens is 3. The highest BCUT2D eigenvalue weighted by Gasteiger charge is 2.61. The number of allylic oxidation sites excluding steroid dienone is 3. The molecule has 0 fully saturated rings. The normalized spacial score (nSPS) is 22.5. The minimum atomic E-state index is -4.91. The molecule has 1 aliphatic heterocycles. The zero-order chi connectivity index (χ0) is 19.1. The first-order chi connectivity index (χ1) is 11.7. The zero-order valence-electron chi connectivity index (χ0n) is 14.6. The standard InChI is InChI=1S/C17H24F3NO4/c1-4-13-11-25-16(17(18,19)20,10-14(13)9-12(2)3)15(23)21-5-7-24-8-6-22/h4,9-10,22H,5-8,11H2,1-3H3,(H,21,23)/b13-4+. The highest BCUT2D eigenvalue weighted by atomic mass is 19.4. The van der Waals surface area contributed by atoms with Crippen LogP contribution in [0.2, 0.25) is 0 Å². The smallest absolute Gasteiger partial charge is 0.394 e. The van der Waals surface area contributed by atoms with E-state index in [2.05, 4.69) is 5.32 Å². The van der Waals surface area contributed by atoms with Crippen molar-refractivity contribution in [2.75, 3.05) is 33.0 Å². The van der Waals surface area contributed by atoms with Gasteiger partial charge in [-0.15, -0.1) is 0 Å². The summed E-state index contributed by atoms with van der Waals surface area (Å²) >= 11 is 0. The van der Waals surface area contributed by atoms with Gasteiger partial charge in [-0.2, -0.15) is 13.2 Å². The van der Waals surface area contributed by atoms with E-state index >= 15 is 0 Å². The van der Waals surface area contributed by atoms with E-state index in [1.54, 1.807) is 32.9 Å². The van der Waals surface area contributed by atoms with E-state index < -0.39 is 17.7 Å². The molecule has 1 unspecified atom stereocenters. The Kier molecular flexibility index (Phi) is 7.85. The van der Waals surface area contributed by atoms with Gasteiger partial charge in [0.05, 0.1) is 26.4 Å². The second kappa shape index (κ2) is 9.17. The van der Waals surface area contributed by atoms with Crippen molar-refractivity contribution >= 4 is 5.91 Å². The van der Waals surface area contributed by atoms with Crippen molar-refractivity contribution in [3.05, 3.63) is 34.9 Å². The number of rotatable bonds is 7. The summed E-state index contributed by atoms with van der Waals surface area (Å²) in [5.74, 6) is -1.29. The maximum atomic E-state index is 13.7. The molecule has 0 aliphatic carbocycles. The molecule has 0 aromatic carbocycles. The Balaban J connectivity index is 3.11. The molecule has 0 aromatic heterocycles. The van der Waals surface area contributed by atoms with E-state index in [9.17, 15) is 18.0 Å². The highest BCUT2D eigenvalue weighted by Crippen LogP contribution is 2.40. The Hall–Kier alpha value is -1.64. The third-order valence-electron chi connectivity index (χ3n) is 3.50. The molecule has 8 heteroatoms. The predicted octanol–water partition coefficient (Wildman–Crippen LogP) is 2.28. The van der Waals surface area contributed by atoms with Crippen LogP contribution in [0, 0.1) is 0 Å². The van der Waals surface area contributed by atoms with Gasteiger partial charge in [0.1, 0.15) is 0 Å². The molecule has 1 atom stereocenters. The molecule has 25 heavy (non-hydrogen) atoms. The van der Waals surface area contributed by atoms with Crippen LogP contribution in [-0.2, 0) is 14.3 Å². The van der Waals surface area contributed by atoms with Gasteiger partial charge in [-0.25, -0.2) is 0 Å². The molecule has 1 heterocycles. The first-order valence-electron chi connectivity index (χ1n) is 7.89. The Morgan fingerprint density at radius 1 is 1.44 bits per heavy atom. The molecule has 142 valence electrons. The second-order valence-electron chi connectivity index (χ2n) is 5.75. The van der Waals surface area contributed by atoms with Gasteiger partial charge >= 0.3 is 6.18 Å². The van der Waals surface area contributed by atoms with E-state index in [1.165, 1.54) is 0 Å². The van der Waals surface area contributed by atoms with Crippen molar-refractivity contribution in [2.24, 2.45) is 0 Å². The third-order valence-corrected chi connectivity index (χ3v) is 3.50. The van der Waals surface area contributed by atoms with Crippen molar-refractivity contribution in [1.29, 1.82) is 0 Å². The first-order valence-corrected chi connectivity index (χ1v) is 7.89. The average Bonchev–Trinajstić information content (AvgIpc) is 2.52. The van der Waals surface area contributed by atoms with E-state index in [-0.39, 0.29) is 33.0 Å². The molecular weight excluding hydrogens is 339 g/mol. The fraction of sp³-hybridized carbons (Fsp3) is 0.588. The Morgan fingerprint density at radius 2 is 2.12 bits per heavy atom. The van der Waals surface area contributed by atoms with E-state index in [0.29, 0.717) is 11.1 Å². The summed E-state index contributed by atoms with van der Waals surface area (Å²) < 4.78 is 51.0. The first kappa shape index (κ1) is 21.4. The molecule has 0 radical (unpaired) electrons. The molecule has 1 amide bonds. The minimum absolute atomic E-state index is 0.00904. The topological polar surface area (TPSA) is 67.8 Å². The summed E-state index contributed by atoms with van der Waals surface area (Å²) in [4.78, 5) is 12.3. The second-order valence-corrected chi connectivity index (χ2v) is 5.75. The number of carbonyl (C=O) groups excluding carboxylic acids is 1. The van der Waals surface area contributed by atoms with Gasteiger partial charge < -0.3 is 19.9 Å². The SMILES string of the molecule is C/C=C1\COC(C(=O)NCCOCCO)(C(F)(F)F)C=C1C=C(C)C. The molecule has 0 spiro atoms. The maximum absolute atomic E-state index is 13.7. The van der Waals surface area contributed by atoms with Gasteiger partial charge in [0.2, 0.25) is 0 Å². The van der Waals surface area contributed by atoms with Gasteiger partial charge in [0.25, 0.3) is 11.5 Å². The van der Waals surface area contributed by atoms with Gasteiger partial charge in [0.15, 0.2) is 0 Å². The number of amides is 1. The van der Waals surface area contributed by atoms with Crippen LogP contribution in [0.1, 0.15) is 20.8 Å². The number of aliphatic hydroxyl groups excluding tert-OH is 1. The summed E-state index contributed by atoms with van der Waals surface area (Å²) in [5.41, 5.74) is -1.34. The highest BCUT2D eigenvalue weighted by molar-refractivity contribution is 5.89. The fourth-order valence-corrected chi connectivity index (χ4v) is 2.28. The van der Waals surface area contributed by atoms with Crippen molar-refractivity contribution in [3.8, 4) is 0 Å². The predicted molar refractivity (Wildman–Crippen MR) is 86.9 cm³/mol. The molecule has 5 nitrogen and oxygen atoms in total. The molecule has 2 N–H and O–H groups in total. The average molecular weight is 363 g/mol. The number of carbonyl (C=O) groups is 1. The third kappa shape index (κ3) is 5.42. The lowest BCUT2D eigenvalue weighted by atomic mass is 9.90. The zero-order valence-corrected chi connectivity index (χ0v) is 14.6. The van der Waals surface area contributed by atoms with Crippen molar-refractivity contribution < 1.29 is 32.5 Å². The number of alkyl halides is 3. The van der Waals surface area contributed by atoms with Gasteiger partial charge in [-0.05, 0) is 38.0 Å². The van der Waals surface area contributed by atoms with E-state index in [0.717, 1.165) is 11.6 Å². The summed E-state index contributed by atoms with van der Waals surface area (Å²) in [5, 5.41) is 10.8. The molecule has 0 saturated heterocycles. The molecule has 1 aliphatic rings. The lowest BCUT2D eigenvalue weighted by Crippen LogP contribution is -2.59. The number of nitrogens with one attached hydrogen (secondary N) is 1. The summed E-state index contributed by atoms with van der Waals surface area (Å²) in [6, 6.07) is 0. The number of ether oxygens (including phenoxy) is 2. The van der Waals surface area contributed by atoms with Crippen molar-refractivity contribution in [3.63, 3.8) is 0 Å². The van der Waals surface area contributed by atoms with Crippen LogP contribution in [0.15, 0.2) is 34.9 Å². The fourth-order valence-electron chi connectivity index (χ4n) is 2.28. The number of aliphatic hydroxyl groups is 1. The van der Waals surface area contributed by atoms with Crippen LogP contribution in [0.3, 0.4) is 0 Å². The number of hydrogen-bond acceptors (Lipinski definition) is 4. The van der Waals surface area contributed by atoms with Crippen molar-refractivity contribution in [2.45, 2.75) is 32.5 Å². The molecule has 0 bridgehead atoms. The summed E-state index contributed by atoms with van der Waals surface area (Å²) in [6.45, 7) is 4.61. The van der Waals surface area contributed by atoms with E-state index in [1.807, 2.05) is 0 Å². The Morgan fingerprint density at radius 3 is 2.64 bits per heavy atom. The molecular formula is C17H24F3NO4. The largest absolute Gasteiger partial charge is 0.430 e. The summed E-state index contributed by atoms with van der Waals surface area (Å²) in [6.07, 6.45) is -0.839. The van der Waals surface area contributed by atoms with Crippen LogP contribution in [0.5, 0.6) is 0 Å².